The van der Waals surface area contributed by atoms with E-state index in [0.29, 0.717) is 16.6 Å². The third kappa shape index (κ3) is 2.70. The second-order valence-corrected chi connectivity index (χ2v) is 5.15. The van der Waals surface area contributed by atoms with Crippen LogP contribution in [0, 0.1) is 6.92 Å². The molecule has 2 rings (SSSR count). The number of aryl methyl sites for hydroxylation is 2. The Labute approximate surface area is 119 Å². The highest BCUT2D eigenvalue weighted by Crippen LogP contribution is 2.30. The minimum absolute atomic E-state index is 0.360. The molecule has 0 aliphatic rings. The third-order valence-corrected chi connectivity index (χ3v) is 3.25. The molecular formula is C12H12BrN3OS. The van der Waals surface area contributed by atoms with Crippen molar-refractivity contribution < 1.29 is 4.74 Å². The molecule has 0 fully saturated rings. The number of nitrogens with zero attached hydrogens (tertiary/aromatic N) is 2. The van der Waals surface area contributed by atoms with E-state index in [-0.39, 0.29) is 0 Å². The van der Waals surface area contributed by atoms with E-state index in [2.05, 4.69) is 21.0 Å². The monoisotopic (exact) mass is 325 g/mol. The van der Waals surface area contributed by atoms with Crippen LogP contribution in [0.2, 0.25) is 0 Å². The number of ether oxygens (including phenoxy) is 1. The number of hydrogen-bond donors (Lipinski definition) is 1. The van der Waals surface area contributed by atoms with Crippen LogP contribution in [-0.4, -0.2) is 14.8 Å². The van der Waals surface area contributed by atoms with Gasteiger partial charge in [-0.3, -0.25) is 0 Å². The average molecular weight is 326 g/mol. The normalized spacial score (nSPS) is 10.4. The molecule has 1 aromatic carbocycles. The van der Waals surface area contributed by atoms with Crippen LogP contribution < -0.4 is 10.5 Å². The highest BCUT2D eigenvalue weighted by Gasteiger charge is 2.08. The van der Waals surface area contributed by atoms with E-state index in [4.69, 9.17) is 22.7 Å². The topological polar surface area (TPSA) is 53.1 Å². The maximum Gasteiger partial charge on any atom is 0.217 e. The van der Waals surface area contributed by atoms with Gasteiger partial charge in [0.15, 0.2) is 0 Å². The van der Waals surface area contributed by atoms with Gasteiger partial charge in [0, 0.05) is 18.7 Å². The molecule has 18 heavy (non-hydrogen) atoms. The molecule has 2 aromatic rings. The quantitative estimate of drug-likeness (QED) is 0.881. The number of halogens is 1. The van der Waals surface area contributed by atoms with Crippen molar-refractivity contribution in [1.82, 2.24) is 9.78 Å². The lowest BCUT2D eigenvalue weighted by Crippen LogP contribution is -2.09. The highest BCUT2D eigenvalue weighted by atomic mass is 79.9. The first kappa shape index (κ1) is 13.0. The summed E-state index contributed by atoms with van der Waals surface area (Å²) >= 11 is 8.36. The van der Waals surface area contributed by atoms with Crippen LogP contribution in [0.1, 0.15) is 11.3 Å². The molecule has 0 aliphatic carbocycles. The lowest BCUT2D eigenvalue weighted by Gasteiger charge is -2.08. The van der Waals surface area contributed by atoms with Gasteiger partial charge in [-0.25, -0.2) is 4.68 Å². The van der Waals surface area contributed by atoms with Crippen molar-refractivity contribution in [1.29, 1.82) is 0 Å². The molecule has 94 valence electrons. The van der Waals surface area contributed by atoms with Crippen molar-refractivity contribution in [3.05, 3.63) is 40.0 Å². The largest absolute Gasteiger partial charge is 0.438 e. The minimum atomic E-state index is 0.360. The summed E-state index contributed by atoms with van der Waals surface area (Å²) in [6, 6.07) is 7.35. The second-order valence-electron chi connectivity index (χ2n) is 3.86. The van der Waals surface area contributed by atoms with E-state index in [1.165, 1.54) is 0 Å². The summed E-state index contributed by atoms with van der Waals surface area (Å²) < 4.78 is 8.25. The van der Waals surface area contributed by atoms with Gasteiger partial charge in [-0.05, 0) is 41.1 Å². The molecule has 0 unspecified atom stereocenters. The summed E-state index contributed by atoms with van der Waals surface area (Å²) in [5, 5.41) is 4.22. The third-order valence-electron chi connectivity index (χ3n) is 2.39. The first-order valence-electron chi connectivity index (χ1n) is 5.25. The molecule has 0 amide bonds. The van der Waals surface area contributed by atoms with E-state index in [1.54, 1.807) is 4.68 Å². The van der Waals surface area contributed by atoms with Crippen molar-refractivity contribution in [3.63, 3.8) is 0 Å². The van der Waals surface area contributed by atoms with E-state index in [1.807, 2.05) is 38.2 Å². The smallest absolute Gasteiger partial charge is 0.217 e. The van der Waals surface area contributed by atoms with E-state index < -0.39 is 0 Å². The lowest BCUT2D eigenvalue weighted by molar-refractivity contribution is 0.428. The number of thiocarbonyl (C=S) groups is 1. The number of hydrogen-bond acceptors (Lipinski definition) is 3. The van der Waals surface area contributed by atoms with E-state index in [0.717, 1.165) is 15.7 Å². The van der Waals surface area contributed by atoms with Crippen molar-refractivity contribution in [2.24, 2.45) is 12.8 Å². The van der Waals surface area contributed by atoms with Crippen LogP contribution in [0.5, 0.6) is 11.6 Å². The molecule has 4 nitrogen and oxygen atoms in total. The van der Waals surface area contributed by atoms with E-state index in [9.17, 15) is 0 Å². The molecule has 0 aliphatic heterocycles. The minimum Gasteiger partial charge on any atom is -0.438 e. The highest BCUT2D eigenvalue weighted by molar-refractivity contribution is 9.10. The van der Waals surface area contributed by atoms with Crippen molar-refractivity contribution in [2.75, 3.05) is 0 Å². The molecule has 1 aromatic heterocycles. The Balaban J connectivity index is 2.30. The summed E-state index contributed by atoms with van der Waals surface area (Å²) in [5.41, 5.74) is 7.27. The second kappa shape index (κ2) is 5.07. The fourth-order valence-electron chi connectivity index (χ4n) is 1.53. The SMILES string of the molecule is Cc1cc(Oc2ccc(C(N)=S)cc2Br)n(C)n1. The molecule has 6 heteroatoms. The van der Waals surface area contributed by atoms with Gasteiger partial charge in [-0.15, -0.1) is 0 Å². The van der Waals surface area contributed by atoms with E-state index >= 15 is 0 Å². The fourth-order valence-corrected chi connectivity index (χ4v) is 2.12. The average Bonchev–Trinajstić information content (AvgIpc) is 2.60. The maximum absolute atomic E-state index is 5.76. The number of nitrogens with two attached hydrogens (primary N) is 1. The van der Waals surface area contributed by atoms with Gasteiger partial charge in [0.1, 0.15) is 10.7 Å². The van der Waals surface area contributed by atoms with Crippen LogP contribution >= 0.6 is 28.1 Å². The zero-order valence-electron chi connectivity index (χ0n) is 9.98. The first-order chi connectivity index (χ1) is 8.47. The van der Waals surface area contributed by atoms with Crippen LogP contribution in [0.25, 0.3) is 0 Å². The van der Waals surface area contributed by atoms with Gasteiger partial charge in [-0.1, -0.05) is 12.2 Å². The van der Waals surface area contributed by atoms with Gasteiger partial charge in [-0.2, -0.15) is 5.10 Å². The number of aromatic nitrogens is 2. The predicted octanol–water partition coefficient (Wildman–Crippen LogP) is 2.92. The summed E-state index contributed by atoms with van der Waals surface area (Å²) in [6.07, 6.45) is 0. The molecule has 0 radical (unpaired) electrons. The Kier molecular flexibility index (Phi) is 3.68. The van der Waals surface area contributed by atoms with Gasteiger partial charge < -0.3 is 10.5 Å². The zero-order chi connectivity index (χ0) is 13.3. The van der Waals surface area contributed by atoms with Crippen molar-refractivity contribution >= 4 is 33.1 Å². The summed E-state index contributed by atoms with van der Waals surface area (Å²) in [5.74, 6) is 1.37. The summed E-state index contributed by atoms with van der Waals surface area (Å²) in [4.78, 5) is 0.360. The Hall–Kier alpha value is -1.40. The number of rotatable bonds is 3. The molecule has 0 saturated heterocycles. The van der Waals surface area contributed by atoms with Gasteiger partial charge in [0.05, 0.1) is 10.2 Å². The zero-order valence-corrected chi connectivity index (χ0v) is 12.4. The number of benzene rings is 1. The lowest BCUT2D eigenvalue weighted by atomic mass is 10.2. The molecule has 2 N–H and O–H groups in total. The van der Waals surface area contributed by atoms with Crippen molar-refractivity contribution in [2.45, 2.75) is 6.92 Å². The Morgan fingerprint density at radius 2 is 2.17 bits per heavy atom. The Morgan fingerprint density at radius 3 is 2.67 bits per heavy atom. The predicted molar refractivity (Wildman–Crippen MR) is 78.0 cm³/mol. The molecule has 0 atom stereocenters. The van der Waals surface area contributed by atoms with Gasteiger partial charge in [0.25, 0.3) is 0 Å². The van der Waals surface area contributed by atoms with Gasteiger partial charge in [0.2, 0.25) is 5.88 Å². The molecule has 0 bridgehead atoms. The molecule has 1 heterocycles. The van der Waals surface area contributed by atoms with Crippen molar-refractivity contribution in [3.8, 4) is 11.6 Å². The van der Waals surface area contributed by atoms with Crippen LogP contribution in [-0.2, 0) is 7.05 Å². The van der Waals surface area contributed by atoms with Crippen LogP contribution in [0.4, 0.5) is 0 Å². The Morgan fingerprint density at radius 1 is 1.44 bits per heavy atom. The molecular weight excluding hydrogens is 314 g/mol. The first-order valence-corrected chi connectivity index (χ1v) is 6.45. The maximum atomic E-state index is 5.76. The summed E-state index contributed by atoms with van der Waals surface area (Å²) in [7, 11) is 1.83. The van der Waals surface area contributed by atoms with Crippen LogP contribution in [0.3, 0.4) is 0 Å². The molecule has 0 saturated carbocycles. The van der Waals surface area contributed by atoms with Crippen LogP contribution in [0.15, 0.2) is 28.7 Å². The summed E-state index contributed by atoms with van der Waals surface area (Å²) in [6.45, 7) is 1.91. The fraction of sp³-hybridized carbons (Fsp3) is 0.167. The Bertz CT molecular complexity index is 609. The molecule has 0 spiro atoms. The van der Waals surface area contributed by atoms with Gasteiger partial charge >= 0.3 is 0 Å². The standard InChI is InChI=1S/C12H12BrN3OS/c1-7-5-11(16(2)15-7)17-10-4-3-8(12(14)18)6-9(10)13/h3-6H,1-2H3,(H2,14,18).